The number of hydrogen-bond donors (Lipinski definition) is 1. The number of halogens is 3. The minimum atomic E-state index is -0.336. The maximum atomic E-state index is 11.9. The Hall–Kier alpha value is -1.55. The van der Waals surface area contributed by atoms with Crippen molar-refractivity contribution in [1.29, 1.82) is 0 Å². The number of hydrazone groups is 1. The summed E-state index contributed by atoms with van der Waals surface area (Å²) < 4.78 is 0. The van der Waals surface area contributed by atoms with Gasteiger partial charge in [0, 0.05) is 10.6 Å². The van der Waals surface area contributed by atoms with E-state index < -0.39 is 0 Å². The normalized spacial score (nSPS) is 11.3. The first-order valence-electron chi connectivity index (χ1n) is 6.03. The van der Waals surface area contributed by atoms with Crippen LogP contribution in [-0.4, -0.2) is 11.6 Å². The van der Waals surface area contributed by atoms with E-state index in [4.69, 9.17) is 34.8 Å². The first-order chi connectivity index (χ1) is 9.97. The van der Waals surface area contributed by atoms with Crippen molar-refractivity contribution in [3.63, 3.8) is 0 Å². The molecule has 0 atom stereocenters. The van der Waals surface area contributed by atoms with Gasteiger partial charge in [-0.05, 0) is 42.8 Å². The minimum Gasteiger partial charge on any atom is -0.267 e. The average molecular weight is 342 g/mol. The third-order valence-corrected chi connectivity index (χ3v) is 3.72. The number of rotatable bonds is 3. The quantitative estimate of drug-likeness (QED) is 0.632. The van der Waals surface area contributed by atoms with Gasteiger partial charge < -0.3 is 0 Å². The molecule has 1 N–H and O–H groups in total. The smallest absolute Gasteiger partial charge is 0.267 e. The van der Waals surface area contributed by atoms with Gasteiger partial charge in [-0.15, -0.1) is 0 Å². The van der Waals surface area contributed by atoms with E-state index in [0.717, 1.165) is 5.56 Å². The van der Waals surface area contributed by atoms with Crippen molar-refractivity contribution in [2.75, 3.05) is 0 Å². The number of nitrogens with one attached hydrogen (secondary N) is 1. The topological polar surface area (TPSA) is 41.5 Å². The van der Waals surface area contributed by atoms with Crippen LogP contribution in [0.25, 0.3) is 0 Å². The largest absolute Gasteiger partial charge is 0.271 e. The van der Waals surface area contributed by atoms with Crippen molar-refractivity contribution < 1.29 is 4.79 Å². The molecule has 0 saturated heterocycles. The number of nitrogens with zero attached hydrogens (tertiary/aromatic N) is 1. The van der Waals surface area contributed by atoms with Crippen molar-refractivity contribution in [3.05, 3.63) is 68.7 Å². The molecule has 1 amide bonds. The number of amides is 1. The molecule has 0 radical (unpaired) electrons. The van der Waals surface area contributed by atoms with Crippen LogP contribution < -0.4 is 5.43 Å². The second kappa shape index (κ2) is 6.94. The van der Waals surface area contributed by atoms with E-state index in [0.29, 0.717) is 26.3 Å². The van der Waals surface area contributed by atoms with Crippen LogP contribution in [0.1, 0.15) is 22.8 Å². The summed E-state index contributed by atoms with van der Waals surface area (Å²) in [4.78, 5) is 11.9. The van der Waals surface area contributed by atoms with Crippen LogP contribution in [0.3, 0.4) is 0 Å². The second-order valence-corrected chi connectivity index (χ2v) is 5.53. The highest BCUT2D eigenvalue weighted by Gasteiger charge is 2.06. The highest BCUT2D eigenvalue weighted by Crippen LogP contribution is 2.22. The molecule has 0 heterocycles. The van der Waals surface area contributed by atoms with Gasteiger partial charge in [0.2, 0.25) is 0 Å². The highest BCUT2D eigenvalue weighted by molar-refractivity contribution is 6.42. The van der Waals surface area contributed by atoms with E-state index >= 15 is 0 Å². The summed E-state index contributed by atoms with van der Waals surface area (Å²) in [5, 5.41) is 5.44. The predicted octanol–water partition coefficient (Wildman–Crippen LogP) is 4.80. The molecule has 0 spiro atoms. The lowest BCUT2D eigenvalue weighted by molar-refractivity contribution is 0.0955. The Labute approximate surface area is 137 Å². The van der Waals surface area contributed by atoms with Crippen molar-refractivity contribution in [2.24, 2.45) is 5.10 Å². The number of benzene rings is 2. The Bertz CT molecular complexity index is 714. The summed E-state index contributed by atoms with van der Waals surface area (Å²) in [6, 6.07) is 11.8. The monoisotopic (exact) mass is 340 g/mol. The Morgan fingerprint density at radius 2 is 1.76 bits per heavy atom. The predicted molar refractivity (Wildman–Crippen MR) is 87.6 cm³/mol. The van der Waals surface area contributed by atoms with Crippen LogP contribution in [0.2, 0.25) is 15.1 Å². The third kappa shape index (κ3) is 4.21. The number of hydrogen-bond acceptors (Lipinski definition) is 2. The van der Waals surface area contributed by atoms with Crippen LogP contribution in [0.4, 0.5) is 0 Å². The van der Waals surface area contributed by atoms with E-state index in [-0.39, 0.29) is 5.91 Å². The molecule has 0 bridgehead atoms. The van der Waals surface area contributed by atoms with Crippen molar-refractivity contribution >= 4 is 46.4 Å². The average Bonchev–Trinajstić information content (AvgIpc) is 2.47. The zero-order chi connectivity index (χ0) is 15.4. The fraction of sp³-hybridized carbons (Fsp3) is 0.0667. The molecule has 0 aliphatic rings. The van der Waals surface area contributed by atoms with E-state index in [1.165, 1.54) is 0 Å². The van der Waals surface area contributed by atoms with E-state index in [2.05, 4.69) is 10.5 Å². The maximum absolute atomic E-state index is 11.9. The summed E-state index contributed by atoms with van der Waals surface area (Å²) in [6.07, 6.45) is 0. The molecule has 21 heavy (non-hydrogen) atoms. The summed E-state index contributed by atoms with van der Waals surface area (Å²) in [7, 11) is 0. The molecule has 2 aromatic carbocycles. The molecule has 3 nitrogen and oxygen atoms in total. The zero-order valence-electron chi connectivity index (χ0n) is 11.0. The highest BCUT2D eigenvalue weighted by atomic mass is 35.5. The first-order valence-corrected chi connectivity index (χ1v) is 7.16. The van der Waals surface area contributed by atoms with Crippen LogP contribution in [0.5, 0.6) is 0 Å². The molecular formula is C15H11Cl3N2O. The molecule has 6 heteroatoms. The van der Waals surface area contributed by atoms with Crippen LogP contribution in [0.15, 0.2) is 47.6 Å². The van der Waals surface area contributed by atoms with Crippen LogP contribution in [0, 0.1) is 0 Å². The molecule has 2 aromatic rings. The lowest BCUT2D eigenvalue weighted by atomic mass is 10.1. The lowest BCUT2D eigenvalue weighted by Gasteiger charge is -2.04. The zero-order valence-corrected chi connectivity index (χ0v) is 13.3. The molecule has 0 fully saturated rings. The van der Waals surface area contributed by atoms with Gasteiger partial charge in [-0.25, -0.2) is 5.43 Å². The Morgan fingerprint density at radius 3 is 2.43 bits per heavy atom. The molecule has 0 unspecified atom stereocenters. The Morgan fingerprint density at radius 1 is 1.00 bits per heavy atom. The number of carbonyl (C=O) groups excluding carboxylic acids is 1. The van der Waals surface area contributed by atoms with Gasteiger partial charge in [0.25, 0.3) is 5.91 Å². The fourth-order valence-corrected chi connectivity index (χ4v) is 2.10. The van der Waals surface area contributed by atoms with Gasteiger partial charge >= 0.3 is 0 Å². The maximum Gasteiger partial charge on any atom is 0.271 e. The summed E-state index contributed by atoms with van der Waals surface area (Å²) in [6.45, 7) is 1.76. The molecule has 108 valence electrons. The minimum absolute atomic E-state index is 0.336. The van der Waals surface area contributed by atoms with Crippen molar-refractivity contribution in [3.8, 4) is 0 Å². The van der Waals surface area contributed by atoms with Gasteiger partial charge in [-0.2, -0.15) is 5.10 Å². The van der Waals surface area contributed by atoms with E-state index in [1.54, 1.807) is 49.4 Å². The van der Waals surface area contributed by atoms with Gasteiger partial charge in [0.15, 0.2) is 0 Å². The van der Waals surface area contributed by atoms with Crippen molar-refractivity contribution in [2.45, 2.75) is 6.92 Å². The van der Waals surface area contributed by atoms with Gasteiger partial charge in [0.1, 0.15) is 0 Å². The van der Waals surface area contributed by atoms with Crippen LogP contribution in [-0.2, 0) is 0 Å². The van der Waals surface area contributed by atoms with Crippen molar-refractivity contribution in [1.82, 2.24) is 5.43 Å². The SMILES string of the molecule is C/C(=N\NC(=O)c1cccc(Cl)c1)c1ccc(Cl)c(Cl)c1. The second-order valence-electron chi connectivity index (χ2n) is 4.28. The summed E-state index contributed by atoms with van der Waals surface area (Å²) in [5.41, 5.74) is 4.30. The van der Waals surface area contributed by atoms with Gasteiger partial charge in [-0.3, -0.25) is 4.79 Å². The third-order valence-electron chi connectivity index (χ3n) is 2.75. The van der Waals surface area contributed by atoms with Crippen LogP contribution >= 0.6 is 34.8 Å². The Kier molecular flexibility index (Phi) is 5.23. The molecular weight excluding hydrogens is 331 g/mol. The Balaban J connectivity index is 2.13. The molecule has 0 aliphatic heterocycles. The number of carbonyl (C=O) groups is 1. The lowest BCUT2D eigenvalue weighted by Crippen LogP contribution is -2.19. The van der Waals surface area contributed by atoms with E-state index in [1.807, 2.05) is 0 Å². The van der Waals surface area contributed by atoms with Gasteiger partial charge in [-0.1, -0.05) is 46.9 Å². The molecule has 2 rings (SSSR count). The molecule has 0 aromatic heterocycles. The fourth-order valence-electron chi connectivity index (χ4n) is 1.61. The van der Waals surface area contributed by atoms with Gasteiger partial charge in [0.05, 0.1) is 15.8 Å². The van der Waals surface area contributed by atoms with E-state index in [9.17, 15) is 4.79 Å². The standard InChI is InChI=1S/C15H11Cl3N2O/c1-9(10-5-6-13(17)14(18)8-10)19-20-15(21)11-3-2-4-12(16)7-11/h2-8H,1H3,(H,20,21)/b19-9+. The first kappa shape index (κ1) is 15.8. The summed E-state index contributed by atoms with van der Waals surface area (Å²) >= 11 is 17.6. The summed E-state index contributed by atoms with van der Waals surface area (Å²) in [5.74, 6) is -0.336. The molecule has 0 aliphatic carbocycles. The molecule has 0 saturated carbocycles.